The number of rotatable bonds is 6. The van der Waals surface area contributed by atoms with Gasteiger partial charge in [0.2, 0.25) is 0 Å². The highest BCUT2D eigenvalue weighted by atomic mass is 127. The number of nitrogens with zero attached hydrogens (tertiary/aromatic N) is 2. The number of ether oxygens (including phenoxy) is 2. The Kier molecular flexibility index (Phi) is 10.4. The molecular formula is C23H36IN3O3. The van der Waals surface area contributed by atoms with Crippen LogP contribution in [0.4, 0.5) is 0 Å². The normalized spacial score (nSPS) is 21.5. The van der Waals surface area contributed by atoms with Gasteiger partial charge in [0, 0.05) is 38.3 Å². The molecule has 168 valence electrons. The summed E-state index contributed by atoms with van der Waals surface area (Å²) in [6, 6.07) is 10.7. The van der Waals surface area contributed by atoms with Gasteiger partial charge in [0.1, 0.15) is 0 Å². The third-order valence-electron chi connectivity index (χ3n) is 6.04. The second-order valence-electron chi connectivity index (χ2n) is 7.97. The van der Waals surface area contributed by atoms with Crippen LogP contribution < -0.4 is 5.32 Å². The van der Waals surface area contributed by atoms with Gasteiger partial charge in [-0.3, -0.25) is 9.79 Å². The lowest BCUT2D eigenvalue weighted by Gasteiger charge is -2.38. The van der Waals surface area contributed by atoms with Gasteiger partial charge in [-0.25, -0.2) is 0 Å². The third kappa shape index (κ3) is 6.33. The molecule has 6 nitrogen and oxygen atoms in total. The predicted octanol–water partition coefficient (Wildman–Crippen LogP) is 3.59. The number of benzene rings is 1. The second-order valence-corrected chi connectivity index (χ2v) is 7.97. The number of hydrogen-bond donors (Lipinski definition) is 1. The first-order valence-electron chi connectivity index (χ1n) is 11.0. The molecule has 2 saturated heterocycles. The molecule has 0 bridgehead atoms. The summed E-state index contributed by atoms with van der Waals surface area (Å²) in [6.45, 7) is 9.06. The highest BCUT2D eigenvalue weighted by Gasteiger charge is 2.35. The van der Waals surface area contributed by atoms with E-state index in [4.69, 9.17) is 14.5 Å². The largest absolute Gasteiger partial charge is 0.466 e. The van der Waals surface area contributed by atoms with Gasteiger partial charge < -0.3 is 19.7 Å². The summed E-state index contributed by atoms with van der Waals surface area (Å²) in [5, 5.41) is 3.44. The molecular weight excluding hydrogens is 493 g/mol. The fourth-order valence-corrected chi connectivity index (χ4v) is 4.37. The van der Waals surface area contributed by atoms with E-state index in [9.17, 15) is 4.79 Å². The summed E-state index contributed by atoms with van der Waals surface area (Å²) in [4.78, 5) is 19.5. The molecule has 0 amide bonds. The summed E-state index contributed by atoms with van der Waals surface area (Å²) in [5.41, 5.74) is 1.35. The highest BCUT2D eigenvalue weighted by Crippen LogP contribution is 2.35. The Labute approximate surface area is 197 Å². The van der Waals surface area contributed by atoms with Gasteiger partial charge in [-0.05, 0) is 45.1 Å². The van der Waals surface area contributed by atoms with Crippen molar-refractivity contribution in [3.63, 3.8) is 0 Å². The number of aliphatic imine (C=N–C) groups is 1. The molecule has 1 unspecified atom stereocenters. The lowest BCUT2D eigenvalue weighted by atomic mass is 9.74. The van der Waals surface area contributed by atoms with Crippen molar-refractivity contribution in [1.29, 1.82) is 0 Å². The molecule has 0 aliphatic carbocycles. The van der Waals surface area contributed by atoms with Gasteiger partial charge >= 0.3 is 5.97 Å². The lowest BCUT2D eigenvalue weighted by molar-refractivity contribution is -0.149. The van der Waals surface area contributed by atoms with Crippen molar-refractivity contribution in [2.24, 2.45) is 10.9 Å². The minimum Gasteiger partial charge on any atom is -0.466 e. The zero-order valence-corrected chi connectivity index (χ0v) is 20.6. The van der Waals surface area contributed by atoms with E-state index in [1.807, 2.05) is 6.92 Å². The van der Waals surface area contributed by atoms with Crippen LogP contribution in [-0.4, -0.2) is 62.8 Å². The van der Waals surface area contributed by atoms with E-state index in [0.29, 0.717) is 13.2 Å². The molecule has 1 N–H and O–H groups in total. The van der Waals surface area contributed by atoms with E-state index in [1.54, 1.807) is 0 Å². The van der Waals surface area contributed by atoms with Crippen molar-refractivity contribution in [1.82, 2.24) is 10.2 Å². The maximum atomic E-state index is 12.2. The van der Waals surface area contributed by atoms with Crippen LogP contribution in [0, 0.1) is 5.92 Å². The first-order chi connectivity index (χ1) is 14.2. The summed E-state index contributed by atoms with van der Waals surface area (Å²) in [7, 11) is 0. The molecule has 1 atom stereocenters. The van der Waals surface area contributed by atoms with Gasteiger partial charge in [-0.2, -0.15) is 0 Å². The fraction of sp³-hybridized carbons (Fsp3) is 0.652. The van der Waals surface area contributed by atoms with E-state index in [1.165, 1.54) is 5.56 Å². The van der Waals surface area contributed by atoms with Crippen LogP contribution in [0.2, 0.25) is 0 Å². The Morgan fingerprint density at radius 3 is 2.67 bits per heavy atom. The molecule has 1 aromatic rings. The monoisotopic (exact) mass is 529 g/mol. The Hall–Kier alpha value is -1.35. The molecule has 7 heteroatoms. The summed E-state index contributed by atoms with van der Waals surface area (Å²) < 4.78 is 10.9. The number of piperidine rings is 1. The molecule has 3 rings (SSSR count). The molecule has 0 saturated carbocycles. The van der Waals surface area contributed by atoms with E-state index in [-0.39, 0.29) is 41.3 Å². The lowest BCUT2D eigenvalue weighted by Crippen LogP contribution is -2.49. The van der Waals surface area contributed by atoms with Crippen molar-refractivity contribution >= 4 is 35.9 Å². The minimum atomic E-state index is -0.0850. The summed E-state index contributed by atoms with van der Waals surface area (Å²) >= 11 is 0. The number of nitrogens with one attached hydrogen (secondary N) is 1. The number of esters is 1. The smallest absolute Gasteiger partial charge is 0.310 e. The van der Waals surface area contributed by atoms with Gasteiger partial charge in [-0.1, -0.05) is 30.3 Å². The van der Waals surface area contributed by atoms with Crippen molar-refractivity contribution in [3.05, 3.63) is 35.9 Å². The zero-order valence-electron chi connectivity index (χ0n) is 18.3. The molecule has 2 fully saturated rings. The van der Waals surface area contributed by atoms with Crippen LogP contribution in [0.25, 0.3) is 0 Å². The predicted molar refractivity (Wildman–Crippen MR) is 130 cm³/mol. The Bertz CT molecular complexity index is 678. The first-order valence-corrected chi connectivity index (χ1v) is 11.0. The van der Waals surface area contributed by atoms with Crippen LogP contribution in [0.5, 0.6) is 0 Å². The number of likely N-dealkylation sites (tertiary alicyclic amines) is 1. The molecule has 0 aromatic heterocycles. The Balaban J connectivity index is 0.00000320. The summed E-state index contributed by atoms with van der Waals surface area (Å²) in [5.74, 6) is 0.750. The average molecular weight is 529 g/mol. The van der Waals surface area contributed by atoms with Crippen molar-refractivity contribution in [3.8, 4) is 0 Å². The maximum Gasteiger partial charge on any atom is 0.310 e. The number of hydrogen-bond acceptors (Lipinski definition) is 4. The van der Waals surface area contributed by atoms with E-state index >= 15 is 0 Å². The standard InChI is InChI=1S/C23H35N3O3.HI/c1-3-24-22(26-14-8-9-19(17-26)21(27)29-4-2)25-18-23(12-15-28-16-13-23)20-10-6-5-7-11-20;/h5-7,10-11,19H,3-4,8-9,12-18H2,1-2H3,(H,24,25);1H. The molecule has 2 aliphatic rings. The van der Waals surface area contributed by atoms with Crippen molar-refractivity contribution < 1.29 is 14.3 Å². The highest BCUT2D eigenvalue weighted by molar-refractivity contribution is 14.0. The number of guanidine groups is 1. The third-order valence-corrected chi connectivity index (χ3v) is 6.04. The van der Waals surface area contributed by atoms with Gasteiger partial charge in [0.05, 0.1) is 19.1 Å². The van der Waals surface area contributed by atoms with E-state index < -0.39 is 0 Å². The van der Waals surface area contributed by atoms with Crippen LogP contribution >= 0.6 is 24.0 Å². The van der Waals surface area contributed by atoms with Crippen LogP contribution in [0.15, 0.2) is 35.3 Å². The van der Waals surface area contributed by atoms with Crippen molar-refractivity contribution in [2.45, 2.75) is 44.9 Å². The molecule has 0 radical (unpaired) electrons. The SMILES string of the molecule is CCNC(=NCC1(c2ccccc2)CCOCC1)N1CCCC(C(=O)OCC)C1.I. The zero-order chi connectivity index (χ0) is 20.5. The average Bonchev–Trinajstić information content (AvgIpc) is 2.78. The second kappa shape index (κ2) is 12.5. The van der Waals surface area contributed by atoms with Gasteiger partial charge in [-0.15, -0.1) is 24.0 Å². The number of carbonyl (C=O) groups excluding carboxylic acids is 1. The van der Waals surface area contributed by atoms with Crippen LogP contribution in [-0.2, 0) is 19.7 Å². The molecule has 30 heavy (non-hydrogen) atoms. The number of halogens is 1. The van der Waals surface area contributed by atoms with E-state index in [2.05, 4.69) is 47.5 Å². The molecule has 1 aromatic carbocycles. The van der Waals surface area contributed by atoms with E-state index in [0.717, 1.165) is 64.5 Å². The van der Waals surface area contributed by atoms with Gasteiger partial charge in [0.15, 0.2) is 5.96 Å². The van der Waals surface area contributed by atoms with Crippen LogP contribution in [0.1, 0.15) is 45.1 Å². The van der Waals surface area contributed by atoms with Crippen LogP contribution in [0.3, 0.4) is 0 Å². The van der Waals surface area contributed by atoms with Gasteiger partial charge in [0.25, 0.3) is 0 Å². The molecule has 2 aliphatic heterocycles. The van der Waals surface area contributed by atoms with Crippen molar-refractivity contribution in [2.75, 3.05) is 46.0 Å². The Morgan fingerprint density at radius 2 is 2.00 bits per heavy atom. The number of carbonyl (C=O) groups is 1. The summed E-state index contributed by atoms with van der Waals surface area (Å²) in [6.07, 6.45) is 3.82. The topological polar surface area (TPSA) is 63.2 Å². The molecule has 2 heterocycles. The first kappa shape index (κ1) is 24.9. The maximum absolute atomic E-state index is 12.2. The Morgan fingerprint density at radius 1 is 1.27 bits per heavy atom. The fourth-order valence-electron chi connectivity index (χ4n) is 4.37. The molecule has 0 spiro atoms. The minimum absolute atomic E-state index is 0. The quantitative estimate of drug-likeness (QED) is 0.264.